The topological polar surface area (TPSA) is 79.8 Å². The van der Waals surface area contributed by atoms with E-state index in [1.807, 2.05) is 6.92 Å². The van der Waals surface area contributed by atoms with Crippen LogP contribution in [-0.4, -0.2) is 52.7 Å². The zero-order chi connectivity index (χ0) is 19.6. The monoisotopic (exact) mass is 523 g/mol. The quantitative estimate of drug-likeness (QED) is 0.225. The van der Waals surface area contributed by atoms with Crippen LogP contribution < -0.4 is 10.6 Å². The second-order valence-corrected chi connectivity index (χ2v) is 7.82. The SMILES string of the molecule is CCNC(=NCc1cccc(C(F)(F)F)c1)NCCOCCS(C)(=O)=O.I. The van der Waals surface area contributed by atoms with Crippen LogP contribution in [0.5, 0.6) is 0 Å². The van der Waals surface area contributed by atoms with Crippen molar-refractivity contribution in [2.24, 2.45) is 4.99 Å². The second-order valence-electron chi connectivity index (χ2n) is 5.56. The number of benzene rings is 1. The lowest BCUT2D eigenvalue weighted by atomic mass is 10.1. The van der Waals surface area contributed by atoms with Crippen molar-refractivity contribution in [1.82, 2.24) is 10.6 Å². The number of alkyl halides is 3. The lowest BCUT2D eigenvalue weighted by Crippen LogP contribution is -2.39. The second kappa shape index (κ2) is 12.4. The van der Waals surface area contributed by atoms with Crippen molar-refractivity contribution in [3.05, 3.63) is 35.4 Å². The van der Waals surface area contributed by atoms with Gasteiger partial charge in [-0.2, -0.15) is 13.2 Å². The van der Waals surface area contributed by atoms with Crippen LogP contribution in [0.1, 0.15) is 18.1 Å². The molecule has 156 valence electrons. The number of ether oxygens (including phenoxy) is 1. The molecule has 0 unspecified atom stereocenters. The lowest BCUT2D eigenvalue weighted by Gasteiger charge is -2.12. The number of hydrogen-bond donors (Lipinski definition) is 2. The molecule has 0 fully saturated rings. The summed E-state index contributed by atoms with van der Waals surface area (Å²) in [6.45, 7) is 3.32. The van der Waals surface area contributed by atoms with Crippen molar-refractivity contribution in [3.63, 3.8) is 0 Å². The van der Waals surface area contributed by atoms with Crippen molar-refractivity contribution >= 4 is 39.8 Å². The molecule has 0 bridgehead atoms. The zero-order valence-electron chi connectivity index (χ0n) is 15.2. The lowest BCUT2D eigenvalue weighted by molar-refractivity contribution is -0.137. The van der Waals surface area contributed by atoms with Gasteiger partial charge < -0.3 is 15.4 Å². The van der Waals surface area contributed by atoms with Crippen molar-refractivity contribution < 1.29 is 26.3 Å². The number of nitrogens with one attached hydrogen (secondary N) is 2. The highest BCUT2D eigenvalue weighted by Crippen LogP contribution is 2.29. The molecular weight excluding hydrogens is 498 g/mol. The summed E-state index contributed by atoms with van der Waals surface area (Å²) in [6, 6.07) is 5.02. The minimum Gasteiger partial charge on any atom is -0.379 e. The molecule has 0 aliphatic carbocycles. The fourth-order valence-electron chi connectivity index (χ4n) is 1.91. The van der Waals surface area contributed by atoms with E-state index in [0.717, 1.165) is 18.4 Å². The van der Waals surface area contributed by atoms with Crippen LogP contribution in [0.2, 0.25) is 0 Å². The molecule has 1 rings (SSSR count). The smallest absolute Gasteiger partial charge is 0.379 e. The summed E-state index contributed by atoms with van der Waals surface area (Å²) in [4.78, 5) is 4.24. The molecule has 0 saturated carbocycles. The first kappa shape index (κ1) is 25.9. The molecule has 11 heteroatoms. The average molecular weight is 523 g/mol. The van der Waals surface area contributed by atoms with E-state index < -0.39 is 21.6 Å². The first-order valence-corrected chi connectivity index (χ1v) is 10.1. The molecule has 6 nitrogen and oxygen atoms in total. The van der Waals surface area contributed by atoms with E-state index in [-0.39, 0.29) is 49.5 Å². The van der Waals surface area contributed by atoms with Crippen LogP contribution in [-0.2, 0) is 27.3 Å². The van der Waals surface area contributed by atoms with Crippen LogP contribution in [0, 0.1) is 0 Å². The van der Waals surface area contributed by atoms with E-state index in [4.69, 9.17) is 4.74 Å². The van der Waals surface area contributed by atoms with Gasteiger partial charge in [0.15, 0.2) is 5.96 Å². The van der Waals surface area contributed by atoms with E-state index in [0.29, 0.717) is 24.6 Å². The molecule has 0 atom stereocenters. The Kier molecular flexibility index (Phi) is 11.9. The fraction of sp³-hybridized carbons (Fsp3) is 0.562. The summed E-state index contributed by atoms with van der Waals surface area (Å²) >= 11 is 0. The number of halogens is 4. The summed E-state index contributed by atoms with van der Waals surface area (Å²) in [5.41, 5.74) is -0.260. The number of aliphatic imine (C=N–C) groups is 1. The predicted octanol–water partition coefficient (Wildman–Crippen LogP) is 2.44. The van der Waals surface area contributed by atoms with Crippen molar-refractivity contribution in [2.45, 2.75) is 19.6 Å². The third-order valence-electron chi connectivity index (χ3n) is 3.16. The van der Waals surface area contributed by atoms with Crippen molar-refractivity contribution in [3.8, 4) is 0 Å². The average Bonchev–Trinajstić information content (AvgIpc) is 2.54. The van der Waals surface area contributed by atoms with Crippen LogP contribution in [0.3, 0.4) is 0 Å². The molecular formula is C16H25F3IN3O3S. The fourth-order valence-corrected chi connectivity index (χ4v) is 2.33. The highest BCUT2D eigenvalue weighted by atomic mass is 127. The third kappa shape index (κ3) is 12.1. The van der Waals surface area contributed by atoms with E-state index in [2.05, 4.69) is 15.6 Å². The molecule has 0 radical (unpaired) electrons. The van der Waals surface area contributed by atoms with Gasteiger partial charge in [-0.05, 0) is 24.6 Å². The summed E-state index contributed by atoms with van der Waals surface area (Å²) in [7, 11) is -3.05. The van der Waals surface area contributed by atoms with Crippen LogP contribution in [0.15, 0.2) is 29.3 Å². The zero-order valence-corrected chi connectivity index (χ0v) is 18.3. The number of hydrogen-bond acceptors (Lipinski definition) is 4. The molecule has 27 heavy (non-hydrogen) atoms. The Morgan fingerprint density at radius 3 is 2.52 bits per heavy atom. The molecule has 0 saturated heterocycles. The Balaban J connectivity index is 0.00000676. The molecule has 1 aromatic rings. The van der Waals surface area contributed by atoms with E-state index in [1.54, 1.807) is 6.07 Å². The third-order valence-corrected chi connectivity index (χ3v) is 4.06. The Bertz CT molecular complexity index is 698. The van der Waals surface area contributed by atoms with Gasteiger partial charge in [0.05, 0.1) is 31.1 Å². The maximum atomic E-state index is 12.7. The van der Waals surface area contributed by atoms with Gasteiger partial charge in [0.25, 0.3) is 0 Å². The van der Waals surface area contributed by atoms with Crippen LogP contribution in [0.4, 0.5) is 13.2 Å². The normalized spacial score (nSPS) is 12.4. The van der Waals surface area contributed by atoms with E-state index >= 15 is 0 Å². The van der Waals surface area contributed by atoms with Gasteiger partial charge in [-0.15, -0.1) is 24.0 Å². The van der Waals surface area contributed by atoms with Gasteiger partial charge in [-0.1, -0.05) is 12.1 Å². The number of rotatable bonds is 9. The van der Waals surface area contributed by atoms with Gasteiger partial charge in [0.2, 0.25) is 0 Å². The maximum absolute atomic E-state index is 12.7. The number of nitrogens with zero attached hydrogens (tertiary/aromatic N) is 1. The maximum Gasteiger partial charge on any atom is 0.416 e. The first-order valence-electron chi connectivity index (χ1n) is 8.05. The molecule has 1 aromatic carbocycles. The Morgan fingerprint density at radius 1 is 1.22 bits per heavy atom. The van der Waals surface area contributed by atoms with Crippen molar-refractivity contribution in [1.29, 1.82) is 0 Å². The summed E-state index contributed by atoms with van der Waals surface area (Å²) in [5, 5.41) is 5.95. The minimum absolute atomic E-state index is 0. The summed E-state index contributed by atoms with van der Waals surface area (Å²) in [5.74, 6) is 0.396. The first-order chi connectivity index (χ1) is 12.1. The van der Waals surface area contributed by atoms with Gasteiger partial charge in [-0.25, -0.2) is 13.4 Å². The summed E-state index contributed by atoms with van der Waals surface area (Å²) < 4.78 is 65.3. The Labute approximate surface area is 174 Å². The van der Waals surface area contributed by atoms with Gasteiger partial charge in [0, 0.05) is 19.3 Å². The number of sulfone groups is 1. The minimum atomic E-state index is -4.38. The van der Waals surface area contributed by atoms with Gasteiger partial charge in [0.1, 0.15) is 9.84 Å². The molecule has 0 spiro atoms. The highest BCUT2D eigenvalue weighted by Gasteiger charge is 2.30. The van der Waals surface area contributed by atoms with E-state index in [9.17, 15) is 21.6 Å². The largest absolute Gasteiger partial charge is 0.416 e. The Hall–Kier alpha value is -1.08. The molecule has 2 N–H and O–H groups in total. The molecule has 0 aromatic heterocycles. The predicted molar refractivity (Wildman–Crippen MR) is 110 cm³/mol. The Morgan fingerprint density at radius 2 is 1.93 bits per heavy atom. The van der Waals surface area contributed by atoms with Crippen LogP contribution in [0.25, 0.3) is 0 Å². The van der Waals surface area contributed by atoms with E-state index in [1.165, 1.54) is 6.07 Å². The van der Waals surface area contributed by atoms with Gasteiger partial charge >= 0.3 is 6.18 Å². The molecule has 0 heterocycles. The molecule has 0 aliphatic heterocycles. The summed E-state index contributed by atoms with van der Waals surface area (Å²) in [6.07, 6.45) is -3.25. The number of guanidine groups is 1. The molecule has 0 aliphatic rings. The highest BCUT2D eigenvalue weighted by molar-refractivity contribution is 14.0. The van der Waals surface area contributed by atoms with Crippen LogP contribution >= 0.6 is 24.0 Å². The van der Waals surface area contributed by atoms with Gasteiger partial charge in [-0.3, -0.25) is 0 Å². The molecule has 0 amide bonds. The standard InChI is InChI=1S/C16H24F3N3O3S.HI/c1-3-20-15(21-7-8-25-9-10-26(2,23)24)22-12-13-5-4-6-14(11-13)16(17,18)19;/h4-6,11H,3,7-10,12H2,1-2H3,(H2,20,21,22);1H. The van der Waals surface area contributed by atoms with Crippen molar-refractivity contribution in [2.75, 3.05) is 38.3 Å².